The smallest absolute Gasteiger partial charge is 0.111 e. The van der Waals surface area contributed by atoms with E-state index in [1.807, 2.05) is 54.6 Å². The van der Waals surface area contributed by atoms with Gasteiger partial charge in [0.1, 0.15) is 5.60 Å². The van der Waals surface area contributed by atoms with Crippen molar-refractivity contribution in [3.63, 3.8) is 0 Å². The minimum Gasteiger partial charge on any atom is -0.381 e. The van der Waals surface area contributed by atoms with Crippen LogP contribution in [0.1, 0.15) is 17.5 Å². The maximum Gasteiger partial charge on any atom is 0.111 e. The number of hydrogen-bond acceptors (Lipinski definition) is 1. The molecule has 0 radical (unpaired) electrons. The van der Waals surface area contributed by atoms with E-state index in [2.05, 4.69) is 38.4 Å². The zero-order valence-corrected chi connectivity index (χ0v) is 15.3. The fourth-order valence-corrected chi connectivity index (χ4v) is 4.50. The summed E-state index contributed by atoms with van der Waals surface area (Å²) in [5.74, 6) is 0. The van der Waals surface area contributed by atoms with E-state index in [1.54, 1.807) is 6.08 Å². The SMILES string of the molecule is C=CCC(O)(/C=C/c1ccccc1)c1ccccc1[Si](C)(C)C. The standard InChI is InChI=1S/C21H26OSi/c1-5-16-21(22,17-15-18-11-7-6-8-12-18)19-13-9-10-14-20(19)23(2,3)4/h5-15,17,22H,1,16H2,2-4H3/b17-15+. The maximum atomic E-state index is 11.4. The molecular formula is C21H26OSi. The van der Waals surface area contributed by atoms with E-state index in [0.717, 1.165) is 11.1 Å². The summed E-state index contributed by atoms with van der Waals surface area (Å²) >= 11 is 0. The van der Waals surface area contributed by atoms with E-state index < -0.39 is 13.7 Å². The minimum absolute atomic E-state index is 0.498. The highest BCUT2D eigenvalue weighted by Crippen LogP contribution is 2.28. The Morgan fingerprint density at radius 1 is 1.00 bits per heavy atom. The Morgan fingerprint density at radius 3 is 2.22 bits per heavy atom. The van der Waals surface area contributed by atoms with Crippen molar-refractivity contribution in [3.8, 4) is 0 Å². The quantitative estimate of drug-likeness (QED) is 0.603. The van der Waals surface area contributed by atoms with Gasteiger partial charge in [-0.3, -0.25) is 0 Å². The van der Waals surface area contributed by atoms with Crippen LogP contribution >= 0.6 is 0 Å². The first-order valence-electron chi connectivity index (χ1n) is 8.04. The minimum atomic E-state index is -1.55. The molecule has 0 fully saturated rings. The fraction of sp³-hybridized carbons (Fsp3) is 0.238. The first-order valence-corrected chi connectivity index (χ1v) is 11.5. The van der Waals surface area contributed by atoms with Crippen LogP contribution in [0.25, 0.3) is 6.08 Å². The monoisotopic (exact) mass is 322 g/mol. The normalized spacial score (nSPS) is 14.6. The van der Waals surface area contributed by atoms with Gasteiger partial charge < -0.3 is 5.11 Å². The molecule has 0 aliphatic carbocycles. The predicted octanol–water partition coefficient (Wildman–Crippen LogP) is 4.71. The van der Waals surface area contributed by atoms with Crippen molar-refractivity contribution < 1.29 is 5.11 Å². The van der Waals surface area contributed by atoms with Gasteiger partial charge in [0.25, 0.3) is 0 Å². The van der Waals surface area contributed by atoms with Crippen LogP contribution in [0.15, 0.2) is 73.3 Å². The third-order valence-electron chi connectivity index (χ3n) is 4.01. The van der Waals surface area contributed by atoms with Gasteiger partial charge in [0.15, 0.2) is 0 Å². The molecule has 1 unspecified atom stereocenters. The molecule has 1 atom stereocenters. The van der Waals surface area contributed by atoms with Gasteiger partial charge in [-0.15, -0.1) is 6.58 Å². The van der Waals surface area contributed by atoms with E-state index in [-0.39, 0.29) is 0 Å². The van der Waals surface area contributed by atoms with Crippen molar-refractivity contribution in [1.29, 1.82) is 0 Å². The first kappa shape index (κ1) is 17.5. The van der Waals surface area contributed by atoms with Gasteiger partial charge >= 0.3 is 0 Å². The molecule has 0 aliphatic rings. The van der Waals surface area contributed by atoms with Crippen molar-refractivity contribution in [1.82, 2.24) is 0 Å². The average molecular weight is 323 g/mol. The molecule has 2 aromatic carbocycles. The summed E-state index contributed by atoms with van der Waals surface area (Å²) in [6, 6.07) is 18.3. The molecule has 23 heavy (non-hydrogen) atoms. The highest BCUT2D eigenvalue weighted by molar-refractivity contribution is 6.89. The zero-order valence-electron chi connectivity index (χ0n) is 14.3. The van der Waals surface area contributed by atoms with Gasteiger partial charge in [-0.05, 0) is 17.2 Å². The molecular weight excluding hydrogens is 296 g/mol. The zero-order chi connectivity index (χ0) is 16.9. The number of benzene rings is 2. The van der Waals surface area contributed by atoms with Crippen molar-refractivity contribution in [2.24, 2.45) is 0 Å². The van der Waals surface area contributed by atoms with Crippen molar-refractivity contribution >= 4 is 19.3 Å². The maximum absolute atomic E-state index is 11.4. The highest BCUT2D eigenvalue weighted by Gasteiger charge is 2.31. The van der Waals surface area contributed by atoms with Crippen LogP contribution in [0, 0.1) is 0 Å². The Kier molecular flexibility index (Phi) is 5.40. The highest BCUT2D eigenvalue weighted by atomic mass is 28.3. The van der Waals surface area contributed by atoms with Gasteiger partial charge in [0.05, 0.1) is 8.07 Å². The van der Waals surface area contributed by atoms with Crippen LogP contribution in [0.4, 0.5) is 0 Å². The largest absolute Gasteiger partial charge is 0.381 e. The molecule has 0 bridgehead atoms. The van der Waals surface area contributed by atoms with Crippen molar-refractivity contribution in [2.45, 2.75) is 31.7 Å². The summed E-state index contributed by atoms with van der Waals surface area (Å²) < 4.78 is 0. The molecule has 0 heterocycles. The lowest BCUT2D eigenvalue weighted by Gasteiger charge is -2.31. The summed E-state index contributed by atoms with van der Waals surface area (Å²) in [4.78, 5) is 0. The van der Waals surface area contributed by atoms with Crippen LogP contribution in [0.2, 0.25) is 19.6 Å². The third-order valence-corrected chi connectivity index (χ3v) is 6.06. The molecule has 0 amide bonds. The molecule has 2 rings (SSSR count). The second-order valence-corrected chi connectivity index (χ2v) is 12.0. The van der Waals surface area contributed by atoms with Crippen LogP contribution in [0.3, 0.4) is 0 Å². The molecule has 0 spiro atoms. The predicted molar refractivity (Wildman–Crippen MR) is 104 cm³/mol. The van der Waals surface area contributed by atoms with Crippen molar-refractivity contribution in [2.75, 3.05) is 0 Å². The number of aliphatic hydroxyl groups is 1. The van der Waals surface area contributed by atoms with Crippen LogP contribution in [0.5, 0.6) is 0 Å². The molecule has 0 saturated carbocycles. The molecule has 1 nitrogen and oxygen atoms in total. The first-order chi connectivity index (χ1) is 10.9. The topological polar surface area (TPSA) is 20.2 Å². The Balaban J connectivity index is 2.50. The average Bonchev–Trinajstić information content (AvgIpc) is 2.53. The second-order valence-electron chi connectivity index (χ2n) is 6.96. The molecule has 1 N–H and O–H groups in total. The van der Waals surface area contributed by atoms with Crippen LogP contribution in [-0.4, -0.2) is 13.2 Å². The van der Waals surface area contributed by atoms with E-state index in [9.17, 15) is 5.11 Å². The Bertz CT molecular complexity index is 682. The van der Waals surface area contributed by atoms with Crippen LogP contribution in [-0.2, 0) is 5.60 Å². The Morgan fingerprint density at radius 2 is 1.61 bits per heavy atom. The van der Waals surface area contributed by atoms with Gasteiger partial charge in [0, 0.05) is 6.42 Å². The second kappa shape index (κ2) is 7.11. The molecule has 2 heteroatoms. The van der Waals surface area contributed by atoms with E-state index in [0.29, 0.717) is 6.42 Å². The number of rotatable bonds is 6. The number of hydrogen-bond donors (Lipinski definition) is 1. The molecule has 2 aromatic rings. The van der Waals surface area contributed by atoms with Gasteiger partial charge in [-0.25, -0.2) is 0 Å². The van der Waals surface area contributed by atoms with Gasteiger partial charge in [0.2, 0.25) is 0 Å². The lowest BCUT2D eigenvalue weighted by atomic mass is 9.89. The summed E-state index contributed by atoms with van der Waals surface area (Å²) in [6.45, 7) is 10.8. The molecule has 0 aromatic heterocycles. The lowest BCUT2D eigenvalue weighted by Crippen LogP contribution is -2.44. The van der Waals surface area contributed by atoms with Gasteiger partial charge in [-0.1, -0.05) is 91.6 Å². The van der Waals surface area contributed by atoms with E-state index in [1.165, 1.54) is 5.19 Å². The van der Waals surface area contributed by atoms with E-state index >= 15 is 0 Å². The summed E-state index contributed by atoms with van der Waals surface area (Å²) in [5, 5.41) is 12.6. The Labute approximate surface area is 141 Å². The Hall–Kier alpha value is -1.90. The fourth-order valence-electron chi connectivity index (χ4n) is 2.80. The third kappa shape index (κ3) is 4.31. The molecule has 0 saturated heterocycles. The van der Waals surface area contributed by atoms with Crippen molar-refractivity contribution in [3.05, 3.63) is 84.5 Å². The summed E-state index contributed by atoms with van der Waals surface area (Å²) in [7, 11) is -1.55. The summed E-state index contributed by atoms with van der Waals surface area (Å²) in [5.41, 5.74) is 1.07. The van der Waals surface area contributed by atoms with Crippen LogP contribution < -0.4 is 5.19 Å². The van der Waals surface area contributed by atoms with E-state index in [4.69, 9.17) is 0 Å². The van der Waals surface area contributed by atoms with Gasteiger partial charge in [-0.2, -0.15) is 0 Å². The molecule has 0 aliphatic heterocycles. The lowest BCUT2D eigenvalue weighted by molar-refractivity contribution is 0.0948. The summed E-state index contributed by atoms with van der Waals surface area (Å²) in [6.07, 6.45) is 6.18. The molecule has 120 valence electrons.